The van der Waals surface area contributed by atoms with Crippen LogP contribution in [0.1, 0.15) is 46.0 Å². The predicted molar refractivity (Wildman–Crippen MR) is 69.0 cm³/mol. The lowest BCUT2D eigenvalue weighted by molar-refractivity contribution is -0.143. The van der Waals surface area contributed by atoms with Gasteiger partial charge in [-0.1, -0.05) is 13.8 Å². The molecule has 0 unspecified atom stereocenters. The van der Waals surface area contributed by atoms with Crippen LogP contribution in [0.3, 0.4) is 0 Å². The van der Waals surface area contributed by atoms with Crippen LogP contribution in [0.4, 0.5) is 0 Å². The normalized spacial score (nSPS) is 17.3. The zero-order valence-corrected chi connectivity index (χ0v) is 11.3. The molecule has 0 saturated heterocycles. The van der Waals surface area contributed by atoms with E-state index in [9.17, 15) is 9.59 Å². The van der Waals surface area contributed by atoms with Crippen LogP contribution in [0.25, 0.3) is 0 Å². The van der Waals surface area contributed by atoms with Gasteiger partial charge in [0.1, 0.15) is 0 Å². The first-order valence-electron chi connectivity index (χ1n) is 6.51. The molecule has 4 N–H and O–H groups in total. The van der Waals surface area contributed by atoms with Gasteiger partial charge in [0.15, 0.2) is 0 Å². The predicted octanol–water partition coefficient (Wildman–Crippen LogP) is 1.12. The first-order valence-corrected chi connectivity index (χ1v) is 6.51. The third kappa shape index (κ3) is 4.29. The number of rotatable bonds is 8. The molecule has 0 heterocycles. The lowest BCUT2D eigenvalue weighted by Crippen LogP contribution is -2.34. The first-order chi connectivity index (χ1) is 8.31. The molecule has 0 atom stereocenters. The Bertz CT molecular complexity index is 322. The molecule has 1 saturated carbocycles. The van der Waals surface area contributed by atoms with E-state index in [2.05, 4.69) is 19.2 Å². The maximum absolute atomic E-state index is 11.7. The summed E-state index contributed by atoms with van der Waals surface area (Å²) in [4.78, 5) is 22.6. The molecule has 0 radical (unpaired) electrons. The van der Waals surface area contributed by atoms with Crippen LogP contribution in [-0.4, -0.2) is 30.1 Å². The van der Waals surface area contributed by atoms with E-state index in [0.29, 0.717) is 25.8 Å². The van der Waals surface area contributed by atoms with Crippen molar-refractivity contribution in [2.45, 2.75) is 46.0 Å². The van der Waals surface area contributed by atoms with Gasteiger partial charge in [-0.15, -0.1) is 0 Å². The van der Waals surface area contributed by atoms with Crippen molar-refractivity contribution >= 4 is 11.9 Å². The summed E-state index contributed by atoms with van der Waals surface area (Å²) in [6.45, 7) is 5.06. The van der Waals surface area contributed by atoms with Crippen molar-refractivity contribution in [3.63, 3.8) is 0 Å². The van der Waals surface area contributed by atoms with E-state index < -0.39 is 11.4 Å². The number of aliphatic carboxylic acids is 1. The molecule has 0 aromatic carbocycles. The zero-order chi connectivity index (χ0) is 13.8. The van der Waals surface area contributed by atoms with Gasteiger partial charge < -0.3 is 16.2 Å². The number of carbonyl (C=O) groups is 2. The summed E-state index contributed by atoms with van der Waals surface area (Å²) in [5.74, 6) is -0.862. The Morgan fingerprint density at radius 3 is 2.39 bits per heavy atom. The fraction of sp³-hybridized carbons (Fsp3) is 0.846. The molecule has 104 valence electrons. The molecule has 5 heteroatoms. The lowest BCUT2D eigenvalue weighted by atomic mass is 9.84. The van der Waals surface area contributed by atoms with Crippen LogP contribution in [0.15, 0.2) is 0 Å². The van der Waals surface area contributed by atoms with Crippen molar-refractivity contribution in [3.05, 3.63) is 0 Å². The number of nitrogens with one attached hydrogen (secondary N) is 1. The molecule has 1 aliphatic carbocycles. The molecule has 0 aliphatic heterocycles. The van der Waals surface area contributed by atoms with Crippen LogP contribution in [-0.2, 0) is 9.59 Å². The molecular formula is C13H24N2O3. The molecule has 18 heavy (non-hydrogen) atoms. The van der Waals surface area contributed by atoms with Gasteiger partial charge in [0.05, 0.1) is 5.41 Å². The van der Waals surface area contributed by atoms with Gasteiger partial charge >= 0.3 is 5.97 Å². The summed E-state index contributed by atoms with van der Waals surface area (Å²) in [6, 6.07) is 0. The minimum atomic E-state index is -0.800. The highest BCUT2D eigenvalue weighted by molar-refractivity contribution is 5.80. The number of nitrogens with two attached hydrogens (primary N) is 1. The summed E-state index contributed by atoms with van der Waals surface area (Å²) in [6.07, 6.45) is 3.43. The Morgan fingerprint density at radius 1 is 1.33 bits per heavy atom. The second-order valence-electron chi connectivity index (χ2n) is 6.07. The average molecular weight is 256 g/mol. The van der Waals surface area contributed by atoms with E-state index in [1.807, 2.05) is 0 Å². The Kier molecular flexibility index (Phi) is 4.73. The van der Waals surface area contributed by atoms with Crippen molar-refractivity contribution < 1.29 is 14.7 Å². The summed E-state index contributed by atoms with van der Waals surface area (Å²) in [5.41, 5.74) is 4.90. The maximum Gasteiger partial charge on any atom is 0.311 e. The molecule has 0 aromatic heterocycles. The highest BCUT2D eigenvalue weighted by atomic mass is 16.4. The van der Waals surface area contributed by atoms with Crippen molar-refractivity contribution in [3.8, 4) is 0 Å². The van der Waals surface area contributed by atoms with Gasteiger partial charge in [-0.2, -0.15) is 0 Å². The van der Waals surface area contributed by atoms with Crippen molar-refractivity contribution in [1.82, 2.24) is 5.32 Å². The number of amides is 1. The van der Waals surface area contributed by atoms with Crippen LogP contribution in [0.2, 0.25) is 0 Å². The van der Waals surface area contributed by atoms with E-state index >= 15 is 0 Å². The monoisotopic (exact) mass is 256 g/mol. The maximum atomic E-state index is 11.7. The minimum absolute atomic E-state index is 0.0624. The van der Waals surface area contributed by atoms with Crippen molar-refractivity contribution in [1.29, 1.82) is 0 Å². The Labute approximate surface area is 108 Å². The van der Waals surface area contributed by atoms with Gasteiger partial charge in [-0.3, -0.25) is 9.59 Å². The van der Waals surface area contributed by atoms with Crippen LogP contribution < -0.4 is 11.1 Å². The highest BCUT2D eigenvalue weighted by Crippen LogP contribution is 2.45. The van der Waals surface area contributed by atoms with E-state index in [-0.39, 0.29) is 17.9 Å². The van der Waals surface area contributed by atoms with Gasteiger partial charge in [0.25, 0.3) is 0 Å². The summed E-state index contributed by atoms with van der Waals surface area (Å²) in [7, 11) is 0. The molecule has 0 spiro atoms. The molecule has 0 aromatic rings. The van der Waals surface area contributed by atoms with Gasteiger partial charge in [0, 0.05) is 13.0 Å². The van der Waals surface area contributed by atoms with Crippen LogP contribution in [0.5, 0.6) is 0 Å². The Balaban J connectivity index is 2.24. The molecule has 0 bridgehead atoms. The van der Waals surface area contributed by atoms with Gasteiger partial charge in [-0.25, -0.2) is 0 Å². The van der Waals surface area contributed by atoms with E-state index in [0.717, 1.165) is 12.8 Å². The average Bonchev–Trinajstić information content (AvgIpc) is 3.05. The highest BCUT2D eigenvalue weighted by Gasteiger charge is 2.50. The van der Waals surface area contributed by atoms with Crippen molar-refractivity contribution in [2.75, 3.05) is 13.1 Å². The number of carbonyl (C=O) groups excluding carboxylic acids is 1. The molecular weight excluding hydrogens is 232 g/mol. The first kappa shape index (κ1) is 15.0. The second kappa shape index (κ2) is 5.69. The number of hydrogen-bond acceptors (Lipinski definition) is 3. The zero-order valence-electron chi connectivity index (χ0n) is 11.3. The quantitative estimate of drug-likeness (QED) is 0.607. The largest absolute Gasteiger partial charge is 0.481 e. The third-order valence-electron chi connectivity index (χ3n) is 3.78. The van der Waals surface area contributed by atoms with E-state index in [1.54, 1.807) is 0 Å². The third-order valence-corrected chi connectivity index (χ3v) is 3.78. The molecule has 1 rings (SSSR count). The molecule has 5 nitrogen and oxygen atoms in total. The smallest absolute Gasteiger partial charge is 0.311 e. The van der Waals surface area contributed by atoms with Crippen molar-refractivity contribution in [2.24, 2.45) is 16.6 Å². The molecule has 1 fully saturated rings. The Morgan fingerprint density at radius 2 is 1.94 bits per heavy atom. The number of hydrogen-bond donors (Lipinski definition) is 3. The summed E-state index contributed by atoms with van der Waals surface area (Å²) >= 11 is 0. The number of carboxylic acids is 1. The second-order valence-corrected chi connectivity index (χ2v) is 6.07. The Hall–Kier alpha value is -1.10. The van der Waals surface area contributed by atoms with E-state index in [4.69, 9.17) is 10.8 Å². The minimum Gasteiger partial charge on any atom is -0.481 e. The van der Waals surface area contributed by atoms with Gasteiger partial charge in [-0.05, 0) is 37.6 Å². The van der Waals surface area contributed by atoms with E-state index in [1.165, 1.54) is 0 Å². The van der Waals surface area contributed by atoms with Crippen LogP contribution >= 0.6 is 0 Å². The lowest BCUT2D eigenvalue weighted by Gasteiger charge is -2.23. The standard InChI is InChI=1S/C13H24N2O3/c1-12(2,7-8-14)4-3-10(16)15-9-13(5-6-13)11(17)18/h3-9,14H2,1-2H3,(H,15,16)(H,17,18). The fourth-order valence-electron chi connectivity index (χ4n) is 1.94. The summed E-state index contributed by atoms with van der Waals surface area (Å²) in [5, 5.41) is 11.7. The number of carboxylic acid groups (broad SMARTS) is 1. The topological polar surface area (TPSA) is 92.4 Å². The fourth-order valence-corrected chi connectivity index (χ4v) is 1.94. The molecule has 1 aliphatic rings. The van der Waals surface area contributed by atoms with Crippen LogP contribution in [0, 0.1) is 10.8 Å². The summed E-state index contributed by atoms with van der Waals surface area (Å²) < 4.78 is 0. The molecule has 1 amide bonds. The van der Waals surface area contributed by atoms with Gasteiger partial charge in [0.2, 0.25) is 5.91 Å². The SMILES string of the molecule is CC(C)(CCN)CCC(=O)NCC1(C(=O)O)CC1.